The van der Waals surface area contributed by atoms with Crippen LogP contribution >= 0.6 is 11.8 Å². The van der Waals surface area contributed by atoms with Crippen LogP contribution in [0.2, 0.25) is 0 Å². The Morgan fingerprint density at radius 3 is 3.12 bits per heavy atom. The summed E-state index contributed by atoms with van der Waals surface area (Å²) in [7, 11) is 0. The molecule has 0 spiro atoms. The quantitative estimate of drug-likeness (QED) is 0.769. The number of pyridine rings is 1. The number of anilines is 1. The van der Waals surface area contributed by atoms with E-state index in [1.807, 2.05) is 12.3 Å². The highest BCUT2D eigenvalue weighted by Crippen LogP contribution is 2.19. The third kappa shape index (κ3) is 3.74. The normalized spacial score (nSPS) is 10.4. The summed E-state index contributed by atoms with van der Waals surface area (Å²) in [5.74, 6) is 1.79. The molecule has 5 nitrogen and oxygen atoms in total. The fourth-order valence-electron chi connectivity index (χ4n) is 1.33. The molecule has 2 aromatic heterocycles. The van der Waals surface area contributed by atoms with E-state index in [1.165, 1.54) is 11.9 Å². The fourth-order valence-corrected chi connectivity index (χ4v) is 2.05. The molecule has 0 radical (unpaired) electrons. The molecule has 0 bridgehead atoms. The van der Waals surface area contributed by atoms with Gasteiger partial charge in [-0.3, -0.25) is 5.10 Å². The lowest BCUT2D eigenvalue weighted by molar-refractivity contribution is 0.967. The van der Waals surface area contributed by atoms with Crippen LogP contribution in [0.25, 0.3) is 0 Å². The minimum atomic E-state index is 0.838. The van der Waals surface area contributed by atoms with Crippen LogP contribution in [-0.4, -0.2) is 26.7 Å². The molecule has 0 saturated heterocycles. The first kappa shape index (κ1) is 11.9. The van der Waals surface area contributed by atoms with E-state index < -0.39 is 0 Å². The highest BCUT2D eigenvalue weighted by Gasteiger charge is 2.00. The van der Waals surface area contributed by atoms with E-state index in [0.29, 0.717) is 0 Å². The maximum Gasteiger partial charge on any atom is 0.183 e. The van der Waals surface area contributed by atoms with Crippen molar-refractivity contribution in [2.45, 2.75) is 24.3 Å². The van der Waals surface area contributed by atoms with Crippen LogP contribution in [0.4, 0.5) is 5.82 Å². The molecule has 90 valence electrons. The average Bonchev–Trinajstić information content (AvgIpc) is 2.87. The third-order valence-corrected chi connectivity index (χ3v) is 3.10. The minimum Gasteiger partial charge on any atom is -0.370 e. The Labute approximate surface area is 104 Å². The van der Waals surface area contributed by atoms with E-state index >= 15 is 0 Å². The second-order valence-electron chi connectivity index (χ2n) is 3.56. The van der Waals surface area contributed by atoms with Crippen LogP contribution in [0.15, 0.2) is 29.8 Å². The highest BCUT2D eigenvalue weighted by molar-refractivity contribution is 7.98. The van der Waals surface area contributed by atoms with Gasteiger partial charge >= 0.3 is 0 Å². The van der Waals surface area contributed by atoms with Gasteiger partial charge in [-0.15, -0.1) is 0 Å². The number of nitrogens with zero attached hydrogens (tertiary/aromatic N) is 3. The van der Waals surface area contributed by atoms with Crippen LogP contribution in [0.3, 0.4) is 0 Å². The van der Waals surface area contributed by atoms with Gasteiger partial charge in [0.2, 0.25) is 0 Å². The van der Waals surface area contributed by atoms with Crippen molar-refractivity contribution in [2.24, 2.45) is 0 Å². The number of nitrogens with one attached hydrogen (secondary N) is 2. The van der Waals surface area contributed by atoms with Crippen LogP contribution < -0.4 is 5.32 Å². The summed E-state index contributed by atoms with van der Waals surface area (Å²) in [4.78, 5) is 8.33. The van der Waals surface area contributed by atoms with Crippen LogP contribution in [-0.2, 0) is 5.75 Å². The number of aromatic amines is 1. The zero-order valence-electron chi connectivity index (χ0n) is 9.68. The van der Waals surface area contributed by atoms with Crippen molar-refractivity contribution < 1.29 is 0 Å². The number of aromatic nitrogens is 4. The first-order chi connectivity index (χ1) is 8.38. The van der Waals surface area contributed by atoms with Crippen LogP contribution in [0.5, 0.6) is 0 Å². The molecular formula is C11H15N5S. The van der Waals surface area contributed by atoms with E-state index in [0.717, 1.165) is 29.7 Å². The van der Waals surface area contributed by atoms with Crippen molar-refractivity contribution in [3.05, 3.63) is 30.2 Å². The van der Waals surface area contributed by atoms with E-state index in [2.05, 4.69) is 38.5 Å². The lowest BCUT2D eigenvalue weighted by Gasteiger charge is -2.05. The Balaban J connectivity index is 1.91. The molecular weight excluding hydrogens is 234 g/mol. The lowest BCUT2D eigenvalue weighted by Crippen LogP contribution is -2.01. The average molecular weight is 249 g/mol. The first-order valence-electron chi connectivity index (χ1n) is 5.55. The highest BCUT2D eigenvalue weighted by atomic mass is 32.2. The SMILES string of the molecule is CCCNc1cc(CSc2ncn[nH]2)ccn1. The molecule has 0 aliphatic carbocycles. The zero-order chi connectivity index (χ0) is 11.9. The van der Waals surface area contributed by atoms with Gasteiger partial charge in [0.15, 0.2) is 5.16 Å². The summed E-state index contributed by atoms with van der Waals surface area (Å²) in [5.41, 5.74) is 1.22. The van der Waals surface area contributed by atoms with Crippen molar-refractivity contribution in [1.29, 1.82) is 0 Å². The number of rotatable bonds is 6. The fraction of sp³-hybridized carbons (Fsp3) is 0.364. The van der Waals surface area contributed by atoms with Crippen molar-refractivity contribution >= 4 is 17.6 Å². The molecule has 0 aromatic carbocycles. The molecule has 0 aliphatic rings. The Morgan fingerprint density at radius 1 is 1.41 bits per heavy atom. The third-order valence-electron chi connectivity index (χ3n) is 2.15. The van der Waals surface area contributed by atoms with Gasteiger partial charge in [0, 0.05) is 18.5 Å². The van der Waals surface area contributed by atoms with Gasteiger partial charge in [-0.25, -0.2) is 9.97 Å². The number of H-pyrrole nitrogens is 1. The van der Waals surface area contributed by atoms with Crippen molar-refractivity contribution in [3.8, 4) is 0 Å². The number of hydrogen-bond acceptors (Lipinski definition) is 5. The second-order valence-corrected chi connectivity index (χ2v) is 4.52. The molecule has 0 unspecified atom stereocenters. The summed E-state index contributed by atoms with van der Waals surface area (Å²) in [6, 6.07) is 4.08. The van der Waals surface area contributed by atoms with Crippen molar-refractivity contribution in [3.63, 3.8) is 0 Å². The molecule has 0 fully saturated rings. The maximum absolute atomic E-state index is 4.27. The Bertz CT molecular complexity index is 443. The lowest BCUT2D eigenvalue weighted by atomic mass is 10.3. The van der Waals surface area contributed by atoms with E-state index in [4.69, 9.17) is 0 Å². The molecule has 2 rings (SSSR count). The largest absolute Gasteiger partial charge is 0.370 e. The summed E-state index contributed by atoms with van der Waals surface area (Å²) in [6.07, 6.45) is 4.44. The van der Waals surface area contributed by atoms with Gasteiger partial charge < -0.3 is 5.32 Å². The summed E-state index contributed by atoms with van der Waals surface area (Å²) in [6.45, 7) is 3.09. The number of hydrogen-bond donors (Lipinski definition) is 2. The second kappa shape index (κ2) is 6.24. The maximum atomic E-state index is 4.27. The van der Waals surface area contributed by atoms with E-state index in [9.17, 15) is 0 Å². The molecule has 2 N–H and O–H groups in total. The van der Waals surface area contributed by atoms with E-state index in [-0.39, 0.29) is 0 Å². The van der Waals surface area contributed by atoms with Crippen molar-refractivity contribution in [1.82, 2.24) is 20.2 Å². The molecule has 17 heavy (non-hydrogen) atoms. The molecule has 6 heteroatoms. The van der Waals surface area contributed by atoms with Gasteiger partial charge in [0.25, 0.3) is 0 Å². The van der Waals surface area contributed by atoms with E-state index in [1.54, 1.807) is 11.8 Å². The van der Waals surface area contributed by atoms with Crippen molar-refractivity contribution in [2.75, 3.05) is 11.9 Å². The van der Waals surface area contributed by atoms with Crippen LogP contribution in [0.1, 0.15) is 18.9 Å². The number of thioether (sulfide) groups is 1. The molecule has 2 aromatic rings. The van der Waals surface area contributed by atoms with Gasteiger partial charge in [-0.2, -0.15) is 5.10 Å². The summed E-state index contributed by atoms with van der Waals surface area (Å²) >= 11 is 1.63. The standard InChI is InChI=1S/C11H15N5S/c1-2-4-12-10-6-9(3-5-13-10)7-17-11-14-8-15-16-11/h3,5-6,8H,2,4,7H2,1H3,(H,12,13)(H,14,15,16). The summed E-state index contributed by atoms with van der Waals surface area (Å²) in [5, 5.41) is 10.7. The van der Waals surface area contributed by atoms with Gasteiger partial charge in [0.1, 0.15) is 12.1 Å². The monoisotopic (exact) mass is 249 g/mol. The summed E-state index contributed by atoms with van der Waals surface area (Å²) < 4.78 is 0. The Kier molecular flexibility index (Phi) is 4.37. The molecule has 0 amide bonds. The molecule has 2 heterocycles. The Hall–Kier alpha value is -1.56. The topological polar surface area (TPSA) is 66.5 Å². The van der Waals surface area contributed by atoms with Crippen LogP contribution in [0, 0.1) is 0 Å². The molecule has 0 aliphatic heterocycles. The van der Waals surface area contributed by atoms with Gasteiger partial charge in [-0.05, 0) is 24.1 Å². The predicted molar refractivity (Wildman–Crippen MR) is 69.0 cm³/mol. The minimum absolute atomic E-state index is 0.838. The Morgan fingerprint density at radius 2 is 2.35 bits per heavy atom. The predicted octanol–water partition coefficient (Wildman–Crippen LogP) is 2.31. The van der Waals surface area contributed by atoms with Gasteiger partial charge in [0.05, 0.1) is 0 Å². The molecule has 0 saturated carbocycles. The first-order valence-corrected chi connectivity index (χ1v) is 6.54. The molecule has 0 atom stereocenters. The zero-order valence-corrected chi connectivity index (χ0v) is 10.5. The smallest absolute Gasteiger partial charge is 0.183 e. The van der Waals surface area contributed by atoms with Gasteiger partial charge in [-0.1, -0.05) is 18.7 Å².